The predicted octanol–water partition coefficient (Wildman–Crippen LogP) is 3.00. The first-order valence-corrected chi connectivity index (χ1v) is 7.04. The number of nitrogens with one attached hydrogen (secondary N) is 1. The van der Waals surface area contributed by atoms with Crippen LogP contribution in [0.15, 0.2) is 42.6 Å². The quantitative estimate of drug-likeness (QED) is 0.896. The minimum Gasteiger partial charge on any atom is -0.506 e. The van der Waals surface area contributed by atoms with Crippen LogP contribution in [0.5, 0.6) is 5.75 Å². The van der Waals surface area contributed by atoms with Crippen molar-refractivity contribution in [3.63, 3.8) is 0 Å². The fourth-order valence-corrected chi connectivity index (χ4v) is 2.48. The van der Waals surface area contributed by atoms with Gasteiger partial charge in [0.25, 0.3) is 0 Å². The molecule has 0 radical (unpaired) electrons. The zero-order valence-electron chi connectivity index (χ0n) is 11.4. The van der Waals surface area contributed by atoms with Crippen molar-refractivity contribution in [2.75, 3.05) is 23.3 Å². The van der Waals surface area contributed by atoms with Crippen molar-refractivity contribution in [3.8, 4) is 5.75 Å². The molecule has 0 unspecified atom stereocenters. The summed E-state index contributed by atoms with van der Waals surface area (Å²) < 4.78 is 0. The number of aromatic nitrogens is 1. The van der Waals surface area contributed by atoms with Crippen molar-refractivity contribution in [3.05, 3.63) is 48.3 Å². The zero-order valence-corrected chi connectivity index (χ0v) is 11.4. The van der Waals surface area contributed by atoms with E-state index in [2.05, 4.69) is 39.5 Å². The van der Waals surface area contributed by atoms with E-state index in [1.54, 1.807) is 6.07 Å². The van der Waals surface area contributed by atoms with Crippen LogP contribution in [0.4, 0.5) is 11.4 Å². The molecule has 0 bridgehead atoms. The van der Waals surface area contributed by atoms with Gasteiger partial charge in [-0.05, 0) is 49.2 Å². The van der Waals surface area contributed by atoms with Crippen LogP contribution >= 0.6 is 0 Å². The van der Waals surface area contributed by atoms with Crippen LogP contribution in [0.3, 0.4) is 0 Å². The Hall–Kier alpha value is -2.23. The molecule has 2 heterocycles. The van der Waals surface area contributed by atoms with Gasteiger partial charge in [0.2, 0.25) is 0 Å². The number of hydrogen-bond acceptors (Lipinski definition) is 4. The molecular weight excluding hydrogens is 250 g/mol. The Morgan fingerprint density at radius 3 is 2.45 bits per heavy atom. The minimum absolute atomic E-state index is 0.198. The first kappa shape index (κ1) is 12.8. The molecule has 4 nitrogen and oxygen atoms in total. The minimum atomic E-state index is 0.198. The van der Waals surface area contributed by atoms with E-state index in [1.807, 2.05) is 6.07 Å². The number of hydrogen-bond donors (Lipinski definition) is 2. The molecule has 1 aromatic carbocycles. The molecule has 20 heavy (non-hydrogen) atoms. The average molecular weight is 269 g/mol. The lowest BCUT2D eigenvalue weighted by Gasteiger charge is -2.18. The summed E-state index contributed by atoms with van der Waals surface area (Å²) in [7, 11) is 0. The van der Waals surface area contributed by atoms with E-state index in [1.165, 1.54) is 37.8 Å². The van der Waals surface area contributed by atoms with Crippen molar-refractivity contribution in [2.45, 2.75) is 19.4 Å². The molecule has 1 aliphatic rings. The molecule has 1 aliphatic heterocycles. The second-order valence-corrected chi connectivity index (χ2v) is 5.10. The van der Waals surface area contributed by atoms with Gasteiger partial charge in [-0.1, -0.05) is 0 Å². The Kier molecular flexibility index (Phi) is 3.72. The van der Waals surface area contributed by atoms with Gasteiger partial charge in [0, 0.05) is 24.5 Å². The van der Waals surface area contributed by atoms with E-state index in [0.29, 0.717) is 6.54 Å². The number of nitrogens with zero attached hydrogens (tertiary/aromatic N) is 2. The maximum Gasteiger partial charge on any atom is 0.133 e. The highest BCUT2D eigenvalue weighted by molar-refractivity contribution is 5.55. The summed E-state index contributed by atoms with van der Waals surface area (Å²) in [5.74, 6) is 0.198. The molecular formula is C16H19N3O. The van der Waals surface area contributed by atoms with E-state index in [4.69, 9.17) is 0 Å². The number of anilines is 2. The van der Waals surface area contributed by atoms with E-state index < -0.39 is 0 Å². The van der Waals surface area contributed by atoms with Gasteiger partial charge < -0.3 is 15.3 Å². The Bertz CT molecular complexity index is 545. The van der Waals surface area contributed by atoms with Crippen LogP contribution in [0.25, 0.3) is 0 Å². The van der Waals surface area contributed by atoms with Gasteiger partial charge in [0.05, 0.1) is 18.4 Å². The first-order chi connectivity index (χ1) is 9.81. The molecule has 0 spiro atoms. The van der Waals surface area contributed by atoms with Crippen molar-refractivity contribution in [1.29, 1.82) is 0 Å². The third kappa shape index (κ3) is 3.02. The van der Waals surface area contributed by atoms with Crippen molar-refractivity contribution in [1.82, 2.24) is 4.98 Å². The van der Waals surface area contributed by atoms with Crippen LogP contribution in [-0.2, 0) is 6.54 Å². The molecule has 1 saturated heterocycles. The Morgan fingerprint density at radius 2 is 1.80 bits per heavy atom. The standard InChI is InChI=1S/C16H19N3O/c20-16-8-5-14(18-12-16)11-17-13-3-6-15(7-4-13)19-9-1-2-10-19/h3-8,12,17,20H,1-2,9-11H2. The van der Waals surface area contributed by atoms with Gasteiger partial charge in [0.1, 0.15) is 5.75 Å². The Labute approximate surface area is 119 Å². The van der Waals surface area contributed by atoms with Crippen LogP contribution in [0.2, 0.25) is 0 Å². The SMILES string of the molecule is Oc1ccc(CNc2ccc(N3CCCC3)cc2)nc1. The molecule has 1 aromatic heterocycles. The van der Waals surface area contributed by atoms with Crippen LogP contribution in [-0.4, -0.2) is 23.2 Å². The monoisotopic (exact) mass is 269 g/mol. The highest BCUT2D eigenvalue weighted by Gasteiger charge is 2.11. The number of rotatable bonds is 4. The summed E-state index contributed by atoms with van der Waals surface area (Å²) in [6.07, 6.45) is 4.06. The van der Waals surface area contributed by atoms with Crippen molar-refractivity contribution >= 4 is 11.4 Å². The van der Waals surface area contributed by atoms with E-state index in [9.17, 15) is 5.11 Å². The smallest absolute Gasteiger partial charge is 0.133 e. The number of pyridine rings is 1. The largest absolute Gasteiger partial charge is 0.506 e. The van der Waals surface area contributed by atoms with Gasteiger partial charge in [-0.2, -0.15) is 0 Å². The highest BCUT2D eigenvalue weighted by atomic mass is 16.3. The second-order valence-electron chi connectivity index (χ2n) is 5.10. The van der Waals surface area contributed by atoms with Crippen LogP contribution < -0.4 is 10.2 Å². The summed E-state index contributed by atoms with van der Waals surface area (Å²) in [5, 5.41) is 12.5. The van der Waals surface area contributed by atoms with Gasteiger partial charge in [-0.3, -0.25) is 4.98 Å². The maximum atomic E-state index is 9.19. The number of benzene rings is 1. The summed E-state index contributed by atoms with van der Waals surface area (Å²) in [6.45, 7) is 3.00. The van der Waals surface area contributed by atoms with E-state index in [0.717, 1.165) is 11.4 Å². The maximum absolute atomic E-state index is 9.19. The highest BCUT2D eigenvalue weighted by Crippen LogP contribution is 2.22. The average Bonchev–Trinajstić information content (AvgIpc) is 3.01. The molecule has 0 saturated carbocycles. The second kappa shape index (κ2) is 5.82. The lowest BCUT2D eigenvalue weighted by Crippen LogP contribution is -2.17. The molecule has 1 fully saturated rings. The topological polar surface area (TPSA) is 48.4 Å². The molecule has 2 N–H and O–H groups in total. The third-order valence-electron chi connectivity index (χ3n) is 3.62. The van der Waals surface area contributed by atoms with Gasteiger partial charge in [0.15, 0.2) is 0 Å². The lowest BCUT2D eigenvalue weighted by atomic mass is 10.2. The van der Waals surface area contributed by atoms with Crippen LogP contribution in [0, 0.1) is 0 Å². The van der Waals surface area contributed by atoms with E-state index >= 15 is 0 Å². The van der Waals surface area contributed by atoms with Gasteiger partial charge >= 0.3 is 0 Å². The molecule has 0 aliphatic carbocycles. The summed E-state index contributed by atoms with van der Waals surface area (Å²) in [5.41, 5.74) is 3.30. The Balaban J connectivity index is 1.59. The molecule has 104 valence electrons. The normalized spacial score (nSPS) is 14.5. The van der Waals surface area contributed by atoms with E-state index in [-0.39, 0.29) is 5.75 Å². The lowest BCUT2D eigenvalue weighted by molar-refractivity contribution is 0.472. The first-order valence-electron chi connectivity index (χ1n) is 7.04. The fraction of sp³-hybridized carbons (Fsp3) is 0.312. The Morgan fingerprint density at radius 1 is 1.05 bits per heavy atom. The van der Waals surface area contributed by atoms with Crippen molar-refractivity contribution in [2.24, 2.45) is 0 Å². The van der Waals surface area contributed by atoms with Crippen LogP contribution in [0.1, 0.15) is 18.5 Å². The van der Waals surface area contributed by atoms with Gasteiger partial charge in [-0.15, -0.1) is 0 Å². The summed E-state index contributed by atoms with van der Waals surface area (Å²) >= 11 is 0. The third-order valence-corrected chi connectivity index (χ3v) is 3.62. The molecule has 0 atom stereocenters. The van der Waals surface area contributed by atoms with Crippen molar-refractivity contribution < 1.29 is 5.11 Å². The zero-order chi connectivity index (χ0) is 13.8. The summed E-state index contributed by atoms with van der Waals surface area (Å²) in [6, 6.07) is 12.0. The van der Waals surface area contributed by atoms with Gasteiger partial charge in [-0.25, -0.2) is 0 Å². The molecule has 3 rings (SSSR count). The molecule has 0 amide bonds. The summed E-state index contributed by atoms with van der Waals surface area (Å²) in [4.78, 5) is 6.58. The fourth-order valence-electron chi connectivity index (χ4n) is 2.48. The molecule has 4 heteroatoms. The molecule has 2 aromatic rings. The number of aromatic hydroxyl groups is 1. The predicted molar refractivity (Wildman–Crippen MR) is 81.1 cm³/mol.